The molecule has 0 radical (unpaired) electrons. The number of aromatic nitrogens is 3. The minimum atomic E-state index is 0.0139. The van der Waals surface area contributed by atoms with E-state index in [1.807, 2.05) is 12.4 Å². The van der Waals surface area contributed by atoms with Crippen molar-refractivity contribution in [1.29, 1.82) is 0 Å². The van der Waals surface area contributed by atoms with Crippen LogP contribution in [-0.2, 0) is 18.6 Å². The van der Waals surface area contributed by atoms with Crippen LogP contribution in [-0.4, -0.2) is 39.1 Å². The van der Waals surface area contributed by atoms with Gasteiger partial charge in [-0.15, -0.1) is 0 Å². The molecule has 1 aromatic carbocycles. The van der Waals surface area contributed by atoms with Gasteiger partial charge >= 0.3 is 0 Å². The Labute approximate surface area is 160 Å². The molecule has 1 fully saturated rings. The summed E-state index contributed by atoms with van der Waals surface area (Å²) in [6, 6.07) is 14.8. The number of hydrogen-bond donors (Lipinski definition) is 1. The minimum absolute atomic E-state index is 0.0139. The lowest BCUT2D eigenvalue weighted by atomic mass is 9.85. The van der Waals surface area contributed by atoms with Gasteiger partial charge in [-0.25, -0.2) is 4.98 Å². The molecule has 0 unspecified atom stereocenters. The predicted octanol–water partition coefficient (Wildman–Crippen LogP) is 3.04. The summed E-state index contributed by atoms with van der Waals surface area (Å²) >= 11 is 0. The average molecular weight is 359 g/mol. The molecule has 27 heavy (non-hydrogen) atoms. The number of piperidine rings is 1. The Morgan fingerprint density at radius 3 is 2.52 bits per heavy atom. The van der Waals surface area contributed by atoms with Crippen LogP contribution >= 0.6 is 0 Å². The minimum Gasteiger partial charge on any atom is -0.325 e. The number of likely N-dealkylation sites (tertiary alicyclic amines) is 1. The van der Waals surface area contributed by atoms with Gasteiger partial charge in [-0.3, -0.25) is 9.88 Å². The third-order valence-electron chi connectivity index (χ3n) is 6.02. The maximum absolute atomic E-state index is 4.89. The van der Waals surface area contributed by atoms with Crippen LogP contribution in [0.5, 0.6) is 0 Å². The molecule has 0 bridgehead atoms. The molecule has 0 atom stereocenters. The topological polar surface area (TPSA) is 46.0 Å². The summed E-state index contributed by atoms with van der Waals surface area (Å²) in [5.41, 5.74) is 3.85. The Kier molecular flexibility index (Phi) is 4.26. The maximum Gasteiger partial charge on any atom is 0.129 e. The van der Waals surface area contributed by atoms with E-state index in [4.69, 9.17) is 4.98 Å². The molecule has 0 amide bonds. The highest BCUT2D eigenvalue weighted by Gasteiger charge is 2.41. The zero-order valence-electron chi connectivity index (χ0n) is 15.5. The highest BCUT2D eigenvalue weighted by atomic mass is 15.2. The smallest absolute Gasteiger partial charge is 0.129 e. The molecule has 2 aliphatic heterocycles. The summed E-state index contributed by atoms with van der Waals surface area (Å²) < 4.78 is 2.43. The molecule has 4 heterocycles. The fraction of sp³-hybridized carbons (Fsp3) is 0.364. The standard InChI is InChI=1S/C22H25N5/c1-2-4-19(5-3-1)20-16-24-21-22(25-12-15-27(20)21)8-13-26(14-9-22)17-18-6-10-23-11-7-18/h1-7,10-11,16,25H,8-9,12-15,17H2. The summed E-state index contributed by atoms with van der Waals surface area (Å²) in [6.45, 7) is 5.17. The first-order valence-corrected chi connectivity index (χ1v) is 9.82. The number of nitrogens with zero attached hydrogens (tertiary/aromatic N) is 4. The second-order valence-electron chi connectivity index (χ2n) is 7.63. The van der Waals surface area contributed by atoms with E-state index in [9.17, 15) is 0 Å². The van der Waals surface area contributed by atoms with E-state index in [0.29, 0.717) is 0 Å². The molecular formula is C22H25N5. The number of benzene rings is 1. The molecule has 1 saturated heterocycles. The molecule has 138 valence electrons. The fourth-order valence-corrected chi connectivity index (χ4v) is 4.55. The van der Waals surface area contributed by atoms with Crippen LogP contribution in [0.2, 0.25) is 0 Å². The quantitative estimate of drug-likeness (QED) is 0.781. The van der Waals surface area contributed by atoms with Crippen LogP contribution in [0.1, 0.15) is 24.2 Å². The normalized spacial score (nSPS) is 19.1. The summed E-state index contributed by atoms with van der Waals surface area (Å²) in [5, 5.41) is 3.82. The molecule has 5 heteroatoms. The van der Waals surface area contributed by atoms with Crippen molar-refractivity contribution >= 4 is 0 Å². The Morgan fingerprint density at radius 2 is 1.74 bits per heavy atom. The van der Waals surface area contributed by atoms with Gasteiger partial charge in [0.15, 0.2) is 0 Å². The number of rotatable bonds is 3. The number of imidazole rings is 1. The van der Waals surface area contributed by atoms with Crippen molar-refractivity contribution in [2.45, 2.75) is 31.5 Å². The van der Waals surface area contributed by atoms with E-state index in [-0.39, 0.29) is 5.54 Å². The largest absolute Gasteiger partial charge is 0.325 e. The molecule has 1 N–H and O–H groups in total. The van der Waals surface area contributed by atoms with Crippen molar-refractivity contribution in [3.8, 4) is 11.3 Å². The SMILES string of the molecule is c1ccc(-c2cnc3n2CCNC32CCN(Cc3ccncc3)CC2)cc1. The Balaban J connectivity index is 1.36. The van der Waals surface area contributed by atoms with Crippen LogP contribution in [0.3, 0.4) is 0 Å². The van der Waals surface area contributed by atoms with Crippen molar-refractivity contribution in [3.05, 3.63) is 72.4 Å². The summed E-state index contributed by atoms with van der Waals surface area (Å²) in [4.78, 5) is 11.6. The highest BCUT2D eigenvalue weighted by molar-refractivity contribution is 5.59. The van der Waals surface area contributed by atoms with Gasteiger partial charge in [0.25, 0.3) is 0 Å². The second kappa shape index (κ2) is 6.91. The van der Waals surface area contributed by atoms with E-state index in [0.717, 1.165) is 45.6 Å². The lowest BCUT2D eigenvalue weighted by Crippen LogP contribution is -2.55. The van der Waals surface area contributed by atoms with Crippen LogP contribution in [0.4, 0.5) is 0 Å². The summed E-state index contributed by atoms with van der Waals surface area (Å²) in [5.74, 6) is 1.22. The molecule has 0 saturated carbocycles. The zero-order chi connectivity index (χ0) is 18.1. The number of pyridine rings is 1. The van der Waals surface area contributed by atoms with Crippen molar-refractivity contribution < 1.29 is 0 Å². The lowest BCUT2D eigenvalue weighted by Gasteiger charge is -2.44. The second-order valence-corrected chi connectivity index (χ2v) is 7.63. The fourth-order valence-electron chi connectivity index (χ4n) is 4.55. The van der Waals surface area contributed by atoms with Crippen molar-refractivity contribution in [2.24, 2.45) is 0 Å². The van der Waals surface area contributed by atoms with E-state index in [1.165, 1.54) is 22.6 Å². The van der Waals surface area contributed by atoms with Gasteiger partial charge in [0, 0.05) is 45.1 Å². The van der Waals surface area contributed by atoms with Gasteiger partial charge in [0.1, 0.15) is 5.82 Å². The lowest BCUT2D eigenvalue weighted by molar-refractivity contribution is 0.109. The Morgan fingerprint density at radius 1 is 0.963 bits per heavy atom. The number of nitrogens with one attached hydrogen (secondary N) is 1. The van der Waals surface area contributed by atoms with Gasteiger partial charge < -0.3 is 9.88 Å². The van der Waals surface area contributed by atoms with Crippen molar-refractivity contribution in [3.63, 3.8) is 0 Å². The molecule has 1 spiro atoms. The number of hydrogen-bond acceptors (Lipinski definition) is 4. The average Bonchev–Trinajstić information content (AvgIpc) is 3.17. The monoisotopic (exact) mass is 359 g/mol. The van der Waals surface area contributed by atoms with Gasteiger partial charge in [-0.2, -0.15) is 0 Å². The van der Waals surface area contributed by atoms with Gasteiger partial charge in [0.05, 0.1) is 17.4 Å². The molecule has 5 nitrogen and oxygen atoms in total. The molecule has 2 aromatic heterocycles. The zero-order valence-corrected chi connectivity index (χ0v) is 15.5. The molecule has 2 aliphatic rings. The van der Waals surface area contributed by atoms with Crippen LogP contribution in [0, 0.1) is 0 Å². The van der Waals surface area contributed by atoms with Gasteiger partial charge in [0.2, 0.25) is 0 Å². The molecule has 5 rings (SSSR count). The third kappa shape index (κ3) is 3.07. The first kappa shape index (κ1) is 16.7. The molecule has 0 aliphatic carbocycles. The first-order valence-electron chi connectivity index (χ1n) is 9.82. The van der Waals surface area contributed by atoms with Gasteiger partial charge in [-0.05, 0) is 36.1 Å². The molecule has 3 aromatic rings. The highest BCUT2D eigenvalue weighted by Crippen LogP contribution is 2.37. The van der Waals surface area contributed by atoms with Crippen LogP contribution in [0.15, 0.2) is 61.1 Å². The Bertz CT molecular complexity index is 895. The van der Waals surface area contributed by atoms with E-state index in [2.05, 4.69) is 68.4 Å². The van der Waals surface area contributed by atoms with Crippen LogP contribution in [0.25, 0.3) is 11.3 Å². The van der Waals surface area contributed by atoms with E-state index in [1.54, 1.807) is 0 Å². The van der Waals surface area contributed by atoms with Gasteiger partial charge in [-0.1, -0.05) is 30.3 Å². The first-order chi connectivity index (χ1) is 13.3. The third-order valence-corrected chi connectivity index (χ3v) is 6.02. The van der Waals surface area contributed by atoms with Crippen molar-refractivity contribution in [1.82, 2.24) is 24.8 Å². The predicted molar refractivity (Wildman–Crippen MR) is 106 cm³/mol. The Hall–Kier alpha value is -2.50. The molecular weight excluding hydrogens is 334 g/mol. The van der Waals surface area contributed by atoms with Crippen LogP contribution < -0.4 is 5.32 Å². The summed E-state index contributed by atoms with van der Waals surface area (Å²) in [7, 11) is 0. The van der Waals surface area contributed by atoms with Crippen molar-refractivity contribution in [2.75, 3.05) is 19.6 Å². The van der Waals surface area contributed by atoms with E-state index < -0.39 is 0 Å². The number of fused-ring (bicyclic) bond motifs is 2. The maximum atomic E-state index is 4.89. The summed E-state index contributed by atoms with van der Waals surface area (Å²) in [6.07, 6.45) is 8.02. The van der Waals surface area contributed by atoms with E-state index >= 15 is 0 Å².